The topological polar surface area (TPSA) is 107 Å². The van der Waals surface area contributed by atoms with Crippen molar-refractivity contribution in [3.63, 3.8) is 0 Å². The van der Waals surface area contributed by atoms with Gasteiger partial charge in [-0.2, -0.15) is 10.2 Å². The summed E-state index contributed by atoms with van der Waals surface area (Å²) in [6, 6.07) is 9.10. The van der Waals surface area contributed by atoms with Crippen LogP contribution in [0.3, 0.4) is 0 Å². The van der Waals surface area contributed by atoms with Gasteiger partial charge in [-0.15, -0.1) is 0 Å². The lowest BCUT2D eigenvalue weighted by atomic mass is 10.1. The lowest BCUT2D eigenvalue weighted by Crippen LogP contribution is -2.10. The predicted molar refractivity (Wildman–Crippen MR) is 95.9 cm³/mol. The minimum atomic E-state index is -0.216. The van der Waals surface area contributed by atoms with Crippen LogP contribution in [0.15, 0.2) is 35.1 Å². The van der Waals surface area contributed by atoms with E-state index in [4.69, 9.17) is 5.73 Å². The third-order valence-electron chi connectivity index (χ3n) is 4.30. The SMILES string of the molecule is Cc1cc(-c2nn(C)c(N)c2-c2nc3ccccc3c(=O)[nH]2)nn1C. The van der Waals surface area contributed by atoms with Crippen molar-refractivity contribution in [1.82, 2.24) is 29.5 Å². The first kappa shape index (κ1) is 15.1. The maximum Gasteiger partial charge on any atom is 0.259 e. The van der Waals surface area contributed by atoms with Gasteiger partial charge in [0.2, 0.25) is 0 Å². The second-order valence-electron chi connectivity index (χ2n) is 5.96. The van der Waals surface area contributed by atoms with Crippen LogP contribution < -0.4 is 11.3 Å². The number of nitrogens with one attached hydrogen (secondary N) is 1. The van der Waals surface area contributed by atoms with Crippen LogP contribution in [0.4, 0.5) is 5.82 Å². The molecule has 0 amide bonds. The van der Waals surface area contributed by atoms with E-state index >= 15 is 0 Å². The Bertz CT molecular complexity index is 1150. The predicted octanol–water partition coefficient (Wildman–Crippen LogP) is 1.61. The van der Waals surface area contributed by atoms with E-state index in [1.165, 1.54) is 0 Å². The molecule has 3 N–H and O–H groups in total. The summed E-state index contributed by atoms with van der Waals surface area (Å²) in [5, 5.41) is 9.48. The van der Waals surface area contributed by atoms with E-state index in [1.807, 2.05) is 26.1 Å². The van der Waals surface area contributed by atoms with Crippen molar-refractivity contribution < 1.29 is 0 Å². The van der Waals surface area contributed by atoms with Crippen molar-refractivity contribution in [3.8, 4) is 22.8 Å². The van der Waals surface area contributed by atoms with Crippen molar-refractivity contribution in [2.24, 2.45) is 14.1 Å². The Balaban J connectivity index is 2.01. The number of fused-ring (bicyclic) bond motifs is 1. The van der Waals surface area contributed by atoms with Crippen LogP contribution in [0.2, 0.25) is 0 Å². The van der Waals surface area contributed by atoms with Crippen LogP contribution in [0.25, 0.3) is 33.7 Å². The van der Waals surface area contributed by atoms with Crippen molar-refractivity contribution in [3.05, 3.63) is 46.4 Å². The van der Waals surface area contributed by atoms with Crippen LogP contribution in [0.1, 0.15) is 5.69 Å². The van der Waals surface area contributed by atoms with Crippen LogP contribution >= 0.6 is 0 Å². The highest BCUT2D eigenvalue weighted by molar-refractivity contribution is 5.87. The molecule has 8 nitrogen and oxygen atoms in total. The molecular weight excluding hydrogens is 318 g/mol. The zero-order valence-corrected chi connectivity index (χ0v) is 14.1. The molecular formula is C17H17N7O. The molecule has 3 heterocycles. The number of hydrogen-bond acceptors (Lipinski definition) is 5. The average Bonchev–Trinajstić information content (AvgIpc) is 3.07. The number of aromatic nitrogens is 6. The number of H-pyrrole nitrogens is 1. The molecule has 4 aromatic rings. The second kappa shape index (κ2) is 5.30. The number of para-hydroxylation sites is 1. The molecule has 25 heavy (non-hydrogen) atoms. The fraction of sp³-hybridized carbons (Fsp3) is 0.176. The van der Waals surface area contributed by atoms with Crippen molar-refractivity contribution in [2.75, 3.05) is 5.73 Å². The maximum atomic E-state index is 12.4. The summed E-state index contributed by atoms with van der Waals surface area (Å²) < 4.78 is 3.32. The first-order valence-electron chi connectivity index (χ1n) is 7.78. The molecule has 8 heteroatoms. The number of anilines is 1. The molecule has 0 radical (unpaired) electrons. The second-order valence-corrected chi connectivity index (χ2v) is 5.96. The third-order valence-corrected chi connectivity index (χ3v) is 4.30. The molecule has 0 aliphatic heterocycles. The Hall–Kier alpha value is -3.42. The molecule has 4 rings (SSSR count). The first-order chi connectivity index (χ1) is 12.0. The fourth-order valence-electron chi connectivity index (χ4n) is 2.83. The summed E-state index contributed by atoms with van der Waals surface area (Å²) in [5.74, 6) is 0.796. The van der Waals surface area contributed by atoms with E-state index in [9.17, 15) is 4.79 Å². The van der Waals surface area contributed by atoms with Gasteiger partial charge in [0.15, 0.2) is 0 Å². The zero-order chi connectivity index (χ0) is 17.7. The Morgan fingerprint density at radius 2 is 1.88 bits per heavy atom. The molecule has 0 unspecified atom stereocenters. The maximum absolute atomic E-state index is 12.4. The van der Waals surface area contributed by atoms with Crippen molar-refractivity contribution in [2.45, 2.75) is 6.92 Å². The Morgan fingerprint density at radius 3 is 2.60 bits per heavy atom. The molecule has 0 bridgehead atoms. The van der Waals surface area contributed by atoms with E-state index in [2.05, 4.69) is 20.2 Å². The Kier molecular flexibility index (Phi) is 3.21. The first-order valence-corrected chi connectivity index (χ1v) is 7.78. The number of aryl methyl sites for hydroxylation is 3. The highest BCUT2D eigenvalue weighted by Gasteiger charge is 2.22. The lowest BCUT2D eigenvalue weighted by Gasteiger charge is -2.04. The highest BCUT2D eigenvalue weighted by Crippen LogP contribution is 2.33. The quantitative estimate of drug-likeness (QED) is 0.579. The van der Waals surface area contributed by atoms with Gasteiger partial charge in [-0.1, -0.05) is 12.1 Å². The lowest BCUT2D eigenvalue weighted by molar-refractivity contribution is 0.738. The number of nitrogen functional groups attached to an aromatic ring is 1. The molecule has 3 aromatic heterocycles. The van der Waals surface area contributed by atoms with Crippen LogP contribution in [-0.2, 0) is 14.1 Å². The van der Waals surface area contributed by atoms with Crippen LogP contribution in [-0.4, -0.2) is 29.5 Å². The minimum Gasteiger partial charge on any atom is -0.383 e. The minimum absolute atomic E-state index is 0.216. The zero-order valence-electron chi connectivity index (χ0n) is 14.1. The van der Waals surface area contributed by atoms with Gasteiger partial charge < -0.3 is 10.7 Å². The van der Waals surface area contributed by atoms with E-state index in [-0.39, 0.29) is 5.56 Å². The van der Waals surface area contributed by atoms with Crippen molar-refractivity contribution >= 4 is 16.7 Å². The number of aromatic amines is 1. The number of nitrogens with zero attached hydrogens (tertiary/aromatic N) is 5. The summed E-state index contributed by atoms with van der Waals surface area (Å²) in [5.41, 5.74) is 9.43. The smallest absolute Gasteiger partial charge is 0.259 e. The molecule has 0 saturated carbocycles. The summed E-state index contributed by atoms with van der Waals surface area (Å²) in [4.78, 5) is 19.8. The van der Waals surface area contributed by atoms with Gasteiger partial charge in [-0.25, -0.2) is 4.98 Å². The van der Waals surface area contributed by atoms with Crippen LogP contribution in [0, 0.1) is 6.92 Å². The summed E-state index contributed by atoms with van der Waals surface area (Å²) in [7, 11) is 3.61. The standard InChI is InChI=1S/C17H17N7O/c1-9-8-12(21-23(9)2)14-13(15(18)24(3)22-14)16-19-11-7-5-4-6-10(11)17(25)20-16/h4-8H,18H2,1-3H3,(H,19,20,25). The van der Waals surface area contributed by atoms with Gasteiger partial charge in [-0.05, 0) is 25.1 Å². The van der Waals surface area contributed by atoms with Gasteiger partial charge in [0.25, 0.3) is 5.56 Å². The molecule has 1 aromatic carbocycles. The summed E-state index contributed by atoms with van der Waals surface area (Å²) in [6.45, 7) is 1.96. The largest absolute Gasteiger partial charge is 0.383 e. The Labute approximate surface area is 142 Å². The number of rotatable bonds is 2. The molecule has 126 valence electrons. The van der Waals surface area contributed by atoms with E-state index in [0.717, 1.165) is 5.69 Å². The molecule has 0 spiro atoms. The molecule has 0 fully saturated rings. The normalized spacial score (nSPS) is 11.3. The van der Waals surface area contributed by atoms with Gasteiger partial charge in [0.1, 0.15) is 23.0 Å². The monoisotopic (exact) mass is 335 g/mol. The van der Waals surface area contributed by atoms with E-state index < -0.39 is 0 Å². The van der Waals surface area contributed by atoms with Gasteiger partial charge in [-0.3, -0.25) is 14.2 Å². The van der Waals surface area contributed by atoms with Gasteiger partial charge in [0, 0.05) is 19.8 Å². The third kappa shape index (κ3) is 2.30. The molecule has 0 saturated heterocycles. The number of nitrogens with two attached hydrogens (primary N) is 1. The van der Waals surface area contributed by atoms with E-state index in [0.29, 0.717) is 39.5 Å². The summed E-state index contributed by atoms with van der Waals surface area (Å²) in [6.07, 6.45) is 0. The highest BCUT2D eigenvalue weighted by atomic mass is 16.1. The molecule has 0 aliphatic rings. The average molecular weight is 335 g/mol. The summed E-state index contributed by atoms with van der Waals surface area (Å²) >= 11 is 0. The fourth-order valence-corrected chi connectivity index (χ4v) is 2.83. The van der Waals surface area contributed by atoms with E-state index in [1.54, 1.807) is 34.6 Å². The van der Waals surface area contributed by atoms with Gasteiger partial charge in [0.05, 0.1) is 16.5 Å². The molecule has 0 atom stereocenters. The van der Waals surface area contributed by atoms with Gasteiger partial charge >= 0.3 is 0 Å². The van der Waals surface area contributed by atoms with Crippen molar-refractivity contribution in [1.29, 1.82) is 0 Å². The van der Waals surface area contributed by atoms with Crippen LogP contribution in [0.5, 0.6) is 0 Å². The number of benzene rings is 1. The molecule has 0 aliphatic carbocycles. The Morgan fingerprint density at radius 1 is 1.12 bits per heavy atom. The number of hydrogen-bond donors (Lipinski definition) is 2.